The highest BCUT2D eigenvalue weighted by atomic mass is 16.5. The molecule has 0 amide bonds. The van der Waals surface area contributed by atoms with Gasteiger partial charge in [0.2, 0.25) is 5.78 Å². The quantitative estimate of drug-likeness (QED) is 0.0853. The lowest BCUT2D eigenvalue weighted by molar-refractivity contribution is -0.143. The molecule has 0 aliphatic heterocycles. The monoisotopic (exact) mass is 566 g/mol. The Labute approximate surface area is 245 Å². The fourth-order valence-electron chi connectivity index (χ4n) is 3.94. The van der Waals surface area contributed by atoms with E-state index in [1.807, 2.05) is 13.0 Å². The Hall–Kier alpha value is -3.61. The number of carbonyl (C=O) groups is 3. The predicted octanol–water partition coefficient (Wildman–Crippen LogP) is 7.76. The molecule has 0 unspecified atom stereocenters. The van der Waals surface area contributed by atoms with Gasteiger partial charge in [-0.05, 0) is 109 Å². The molecule has 0 atom stereocenters. The van der Waals surface area contributed by atoms with Crippen molar-refractivity contribution in [2.24, 2.45) is 10.8 Å². The Morgan fingerprint density at radius 2 is 1.27 bits per heavy atom. The Balaban J connectivity index is 2.70. The summed E-state index contributed by atoms with van der Waals surface area (Å²) in [4.78, 5) is 38.9. The number of methoxy groups -OCH3 is 1. The minimum Gasteiger partial charge on any atom is -0.493 e. The van der Waals surface area contributed by atoms with Crippen molar-refractivity contribution in [3.8, 4) is 17.2 Å². The smallest absolute Gasteiger partial charge is 0.316 e. The molecular weight excluding hydrogens is 520 g/mol. The molecule has 0 aliphatic rings. The van der Waals surface area contributed by atoms with E-state index in [1.54, 1.807) is 71.9 Å². The standard InChI is InChI=1S/C34H46O7/c1-11-14-23-20-24(15-12-2)30(41-32(37)34(7,8)9)26(29(23)39-13-3)21-27(38-10)28(35)22-16-18-25(19-17-22)40-31(36)33(4,5)6/h16-21H,11-15H2,1-10H3. The van der Waals surface area contributed by atoms with Gasteiger partial charge >= 0.3 is 11.9 Å². The molecule has 7 nitrogen and oxygen atoms in total. The number of ether oxygens (including phenoxy) is 4. The number of hydrogen-bond donors (Lipinski definition) is 0. The van der Waals surface area contributed by atoms with Gasteiger partial charge in [0, 0.05) is 5.56 Å². The largest absolute Gasteiger partial charge is 0.493 e. The molecule has 0 radical (unpaired) electrons. The first kappa shape index (κ1) is 33.6. The van der Waals surface area contributed by atoms with Crippen LogP contribution in [-0.4, -0.2) is 31.4 Å². The molecule has 224 valence electrons. The van der Waals surface area contributed by atoms with Gasteiger partial charge in [0.05, 0.1) is 30.1 Å². The van der Waals surface area contributed by atoms with Crippen LogP contribution < -0.4 is 14.2 Å². The molecule has 0 fully saturated rings. The van der Waals surface area contributed by atoms with Crippen LogP contribution in [0.15, 0.2) is 36.1 Å². The van der Waals surface area contributed by atoms with Crippen LogP contribution in [-0.2, 0) is 27.2 Å². The van der Waals surface area contributed by atoms with Crippen LogP contribution >= 0.6 is 0 Å². The maximum atomic E-state index is 13.6. The molecule has 0 aliphatic carbocycles. The average molecular weight is 567 g/mol. The molecule has 0 saturated heterocycles. The van der Waals surface area contributed by atoms with Crippen LogP contribution in [0.4, 0.5) is 0 Å². The average Bonchev–Trinajstić information content (AvgIpc) is 2.89. The molecule has 0 spiro atoms. The van der Waals surface area contributed by atoms with E-state index in [-0.39, 0.29) is 23.5 Å². The number of allylic oxidation sites excluding steroid dienone is 1. The van der Waals surface area contributed by atoms with Gasteiger partial charge in [-0.2, -0.15) is 0 Å². The third kappa shape index (κ3) is 8.94. The van der Waals surface area contributed by atoms with E-state index in [0.29, 0.717) is 41.4 Å². The molecule has 2 aromatic rings. The van der Waals surface area contributed by atoms with Crippen molar-refractivity contribution >= 4 is 23.8 Å². The fourth-order valence-corrected chi connectivity index (χ4v) is 3.94. The van der Waals surface area contributed by atoms with E-state index >= 15 is 0 Å². The van der Waals surface area contributed by atoms with Crippen molar-refractivity contribution < 1.29 is 33.3 Å². The summed E-state index contributed by atoms with van der Waals surface area (Å²) in [6, 6.07) is 8.37. The number of esters is 2. The summed E-state index contributed by atoms with van der Waals surface area (Å²) in [5.74, 6) is 0.199. The molecule has 2 aromatic carbocycles. The van der Waals surface area contributed by atoms with E-state index < -0.39 is 10.8 Å². The summed E-state index contributed by atoms with van der Waals surface area (Å²) in [5.41, 5.74) is 1.30. The van der Waals surface area contributed by atoms with Crippen LogP contribution in [0.3, 0.4) is 0 Å². The summed E-state index contributed by atoms with van der Waals surface area (Å²) in [6.07, 6.45) is 4.76. The van der Waals surface area contributed by atoms with Crippen LogP contribution in [0.5, 0.6) is 17.2 Å². The van der Waals surface area contributed by atoms with E-state index in [4.69, 9.17) is 18.9 Å². The van der Waals surface area contributed by atoms with Crippen molar-refractivity contribution in [1.29, 1.82) is 0 Å². The van der Waals surface area contributed by atoms with Gasteiger partial charge in [-0.25, -0.2) is 0 Å². The van der Waals surface area contributed by atoms with Crippen molar-refractivity contribution in [2.75, 3.05) is 13.7 Å². The number of aryl methyl sites for hydroxylation is 2. The number of hydrogen-bond acceptors (Lipinski definition) is 7. The van der Waals surface area contributed by atoms with E-state index in [2.05, 4.69) is 13.8 Å². The maximum absolute atomic E-state index is 13.6. The second kappa shape index (κ2) is 14.3. The summed E-state index contributed by atoms with van der Waals surface area (Å²) >= 11 is 0. The number of benzene rings is 2. The molecule has 41 heavy (non-hydrogen) atoms. The lowest BCUT2D eigenvalue weighted by Gasteiger charge is -2.23. The van der Waals surface area contributed by atoms with E-state index in [1.165, 1.54) is 7.11 Å². The maximum Gasteiger partial charge on any atom is 0.316 e. The first-order valence-electron chi connectivity index (χ1n) is 14.3. The SMILES string of the molecule is CCCc1cc(CCC)c(OC(=O)C(C)(C)C)c(C=C(OC)C(=O)c2ccc(OC(=O)C(C)(C)C)cc2)c1OCC. The second-order valence-electron chi connectivity index (χ2n) is 12.0. The van der Waals surface area contributed by atoms with Gasteiger partial charge in [-0.15, -0.1) is 0 Å². The summed E-state index contributed by atoms with van der Waals surface area (Å²) in [7, 11) is 1.42. The molecular formula is C34H46O7. The van der Waals surface area contributed by atoms with Gasteiger partial charge in [-0.3, -0.25) is 14.4 Å². The zero-order valence-electron chi connectivity index (χ0n) is 26.4. The summed E-state index contributed by atoms with van der Waals surface area (Å²) < 4.78 is 23.2. The first-order chi connectivity index (χ1) is 19.2. The van der Waals surface area contributed by atoms with Gasteiger partial charge in [0.1, 0.15) is 17.2 Å². The normalized spacial score (nSPS) is 12.1. The number of ketones is 1. The molecule has 0 aromatic heterocycles. The Bertz CT molecular complexity index is 1260. The molecule has 0 saturated carbocycles. The lowest BCUT2D eigenvalue weighted by atomic mass is 9.94. The van der Waals surface area contributed by atoms with Gasteiger partial charge in [-0.1, -0.05) is 26.7 Å². The highest BCUT2D eigenvalue weighted by Crippen LogP contribution is 2.40. The molecule has 2 rings (SSSR count). The minimum absolute atomic E-state index is 0.0505. The Kier molecular flexibility index (Phi) is 11.7. The first-order valence-corrected chi connectivity index (χ1v) is 14.3. The molecule has 0 bridgehead atoms. The van der Waals surface area contributed by atoms with E-state index in [0.717, 1.165) is 30.4 Å². The zero-order chi connectivity index (χ0) is 31.0. The summed E-state index contributed by atoms with van der Waals surface area (Å²) in [6.45, 7) is 17.1. The molecule has 0 heterocycles. The van der Waals surface area contributed by atoms with Crippen LogP contribution in [0, 0.1) is 10.8 Å². The topological polar surface area (TPSA) is 88.1 Å². The molecule has 7 heteroatoms. The lowest BCUT2D eigenvalue weighted by Crippen LogP contribution is -2.26. The minimum atomic E-state index is -0.740. The van der Waals surface area contributed by atoms with Crippen molar-refractivity contribution in [3.63, 3.8) is 0 Å². The third-order valence-corrected chi connectivity index (χ3v) is 6.21. The number of carbonyl (C=O) groups excluding carboxylic acids is 3. The Morgan fingerprint density at radius 3 is 1.73 bits per heavy atom. The van der Waals surface area contributed by atoms with E-state index in [9.17, 15) is 14.4 Å². The van der Waals surface area contributed by atoms with Crippen molar-refractivity contribution in [2.45, 2.75) is 88.0 Å². The molecule has 0 N–H and O–H groups in total. The highest BCUT2D eigenvalue weighted by molar-refractivity contribution is 6.10. The van der Waals surface area contributed by atoms with Gasteiger partial charge in [0.15, 0.2) is 5.76 Å². The van der Waals surface area contributed by atoms with Crippen molar-refractivity contribution in [1.82, 2.24) is 0 Å². The number of Topliss-reactive ketones (excluding diaryl/α,β-unsaturated/α-hetero) is 1. The second-order valence-corrected chi connectivity index (χ2v) is 12.0. The van der Waals surface area contributed by atoms with Gasteiger partial charge in [0.25, 0.3) is 0 Å². The van der Waals surface area contributed by atoms with Crippen molar-refractivity contribution in [3.05, 3.63) is 58.3 Å². The van der Waals surface area contributed by atoms with Crippen LogP contribution in [0.25, 0.3) is 6.08 Å². The summed E-state index contributed by atoms with van der Waals surface area (Å²) in [5, 5.41) is 0. The Morgan fingerprint density at radius 1 is 0.756 bits per heavy atom. The van der Waals surface area contributed by atoms with Gasteiger partial charge < -0.3 is 18.9 Å². The van der Waals surface area contributed by atoms with Crippen LogP contribution in [0.2, 0.25) is 0 Å². The predicted molar refractivity (Wildman–Crippen MR) is 162 cm³/mol. The number of rotatable bonds is 12. The van der Waals surface area contributed by atoms with Crippen LogP contribution in [0.1, 0.15) is 102 Å². The third-order valence-electron chi connectivity index (χ3n) is 6.21. The zero-order valence-corrected chi connectivity index (χ0v) is 26.4. The fraction of sp³-hybridized carbons (Fsp3) is 0.500. The highest BCUT2D eigenvalue weighted by Gasteiger charge is 2.29.